The van der Waals surface area contributed by atoms with E-state index < -0.39 is 16.1 Å². The summed E-state index contributed by atoms with van der Waals surface area (Å²) in [5, 5.41) is 0. The van der Waals surface area contributed by atoms with Crippen molar-refractivity contribution in [1.29, 1.82) is 0 Å². The Labute approximate surface area is 138 Å². The number of rotatable bonds is 8. The zero-order valence-electron chi connectivity index (χ0n) is 12.9. The molecule has 1 aromatic rings. The third kappa shape index (κ3) is 7.74. The summed E-state index contributed by atoms with van der Waals surface area (Å²) in [6, 6.07) is 8.78. The Morgan fingerprint density at radius 1 is 1.32 bits per heavy atom. The van der Waals surface area contributed by atoms with Gasteiger partial charge < -0.3 is 10.6 Å². The van der Waals surface area contributed by atoms with E-state index in [1.807, 2.05) is 30.3 Å². The average Bonchev–Trinajstić information content (AvgIpc) is 2.42. The molecule has 1 amide bonds. The topological polar surface area (TPSA) is 92.5 Å². The number of amides is 1. The van der Waals surface area contributed by atoms with Crippen LogP contribution in [0.15, 0.2) is 30.3 Å². The van der Waals surface area contributed by atoms with Crippen LogP contribution in [0.1, 0.15) is 18.9 Å². The van der Waals surface area contributed by atoms with E-state index in [0.717, 1.165) is 11.8 Å². The Hall–Kier alpha value is -1.15. The zero-order valence-corrected chi connectivity index (χ0v) is 14.5. The third-order valence-corrected chi connectivity index (χ3v) is 3.70. The van der Waals surface area contributed by atoms with Crippen molar-refractivity contribution in [1.82, 2.24) is 9.62 Å². The summed E-state index contributed by atoms with van der Waals surface area (Å²) in [5.74, 6) is -0.252. The van der Waals surface area contributed by atoms with Gasteiger partial charge in [-0.2, -0.15) is 0 Å². The fourth-order valence-corrected chi connectivity index (χ4v) is 2.74. The molecule has 6 nitrogen and oxygen atoms in total. The standard InChI is InChI=1S/C14H23N3O3S.ClH/c1-12(16-21(2,19)20)14(18)17(10-6-9-15)11-13-7-4-3-5-8-13;/h3-5,7-8,12,16H,6,9-11,15H2,1-2H3;1H. The number of nitrogens with two attached hydrogens (primary N) is 1. The number of sulfonamides is 1. The van der Waals surface area contributed by atoms with Gasteiger partial charge in [0, 0.05) is 13.1 Å². The molecule has 22 heavy (non-hydrogen) atoms. The number of nitrogens with zero attached hydrogens (tertiary/aromatic N) is 1. The number of carbonyl (C=O) groups excluding carboxylic acids is 1. The second kappa shape index (κ2) is 9.78. The number of hydrogen-bond acceptors (Lipinski definition) is 4. The van der Waals surface area contributed by atoms with E-state index >= 15 is 0 Å². The fourth-order valence-electron chi connectivity index (χ4n) is 2.00. The minimum atomic E-state index is -3.42. The van der Waals surface area contributed by atoms with Gasteiger partial charge in [0.1, 0.15) is 0 Å². The summed E-state index contributed by atoms with van der Waals surface area (Å²) >= 11 is 0. The predicted molar refractivity (Wildman–Crippen MR) is 90.2 cm³/mol. The van der Waals surface area contributed by atoms with Crippen molar-refractivity contribution in [2.45, 2.75) is 25.9 Å². The Balaban J connectivity index is 0.00000441. The Morgan fingerprint density at radius 3 is 2.41 bits per heavy atom. The summed E-state index contributed by atoms with van der Waals surface area (Å²) in [4.78, 5) is 14.0. The molecule has 0 bridgehead atoms. The number of halogens is 1. The predicted octanol–water partition coefficient (Wildman–Crippen LogP) is 0.724. The monoisotopic (exact) mass is 349 g/mol. The second-order valence-electron chi connectivity index (χ2n) is 5.00. The van der Waals surface area contributed by atoms with E-state index in [9.17, 15) is 13.2 Å². The van der Waals surface area contributed by atoms with Gasteiger partial charge in [0.15, 0.2) is 0 Å². The smallest absolute Gasteiger partial charge is 0.240 e. The lowest BCUT2D eigenvalue weighted by Gasteiger charge is -2.26. The van der Waals surface area contributed by atoms with Crippen molar-refractivity contribution < 1.29 is 13.2 Å². The summed E-state index contributed by atoms with van der Waals surface area (Å²) in [6.07, 6.45) is 1.71. The van der Waals surface area contributed by atoms with Gasteiger partial charge in [0.05, 0.1) is 12.3 Å². The molecular weight excluding hydrogens is 326 g/mol. The lowest BCUT2D eigenvalue weighted by atomic mass is 10.2. The first kappa shape index (κ1) is 20.9. The molecule has 0 saturated carbocycles. The minimum absolute atomic E-state index is 0. The Bertz CT molecular complexity index is 552. The molecule has 0 aliphatic rings. The van der Waals surface area contributed by atoms with E-state index in [2.05, 4.69) is 4.72 Å². The fraction of sp³-hybridized carbons (Fsp3) is 0.500. The van der Waals surface area contributed by atoms with E-state index in [4.69, 9.17) is 5.73 Å². The first-order valence-corrected chi connectivity index (χ1v) is 8.72. The van der Waals surface area contributed by atoms with Gasteiger partial charge in [-0.3, -0.25) is 4.79 Å². The van der Waals surface area contributed by atoms with E-state index in [1.165, 1.54) is 0 Å². The first-order valence-electron chi connectivity index (χ1n) is 6.83. The molecule has 0 aliphatic heterocycles. The Kier molecular flexibility index (Phi) is 9.27. The van der Waals surface area contributed by atoms with Crippen LogP contribution in [-0.2, 0) is 21.4 Å². The van der Waals surface area contributed by atoms with Crippen molar-refractivity contribution in [3.05, 3.63) is 35.9 Å². The Morgan fingerprint density at radius 2 is 1.91 bits per heavy atom. The minimum Gasteiger partial charge on any atom is -0.337 e. The molecule has 0 spiro atoms. The normalized spacial score (nSPS) is 12.3. The quantitative estimate of drug-likeness (QED) is 0.723. The molecule has 0 aliphatic carbocycles. The van der Waals surface area contributed by atoms with Gasteiger partial charge in [0.25, 0.3) is 0 Å². The van der Waals surface area contributed by atoms with Crippen LogP contribution in [0.3, 0.4) is 0 Å². The summed E-state index contributed by atoms with van der Waals surface area (Å²) in [5.41, 5.74) is 6.49. The highest BCUT2D eigenvalue weighted by atomic mass is 35.5. The van der Waals surface area contributed by atoms with Gasteiger partial charge >= 0.3 is 0 Å². The molecule has 0 radical (unpaired) electrons. The lowest BCUT2D eigenvalue weighted by Crippen LogP contribution is -2.46. The van der Waals surface area contributed by atoms with Crippen molar-refractivity contribution >= 4 is 28.3 Å². The van der Waals surface area contributed by atoms with Crippen LogP contribution in [0, 0.1) is 0 Å². The van der Waals surface area contributed by atoms with Crippen LogP contribution in [0.5, 0.6) is 0 Å². The highest BCUT2D eigenvalue weighted by Crippen LogP contribution is 2.07. The van der Waals surface area contributed by atoms with E-state index in [-0.39, 0.29) is 18.3 Å². The van der Waals surface area contributed by atoms with E-state index in [1.54, 1.807) is 11.8 Å². The SMILES string of the molecule is CC(NS(C)(=O)=O)C(=O)N(CCCN)Cc1ccccc1.Cl. The van der Waals surface area contributed by atoms with Crippen LogP contribution >= 0.6 is 12.4 Å². The summed E-state index contributed by atoms with van der Waals surface area (Å²) in [7, 11) is -3.42. The van der Waals surface area contributed by atoms with Crippen molar-refractivity contribution in [2.75, 3.05) is 19.3 Å². The van der Waals surface area contributed by atoms with Crippen LogP contribution in [-0.4, -0.2) is 44.6 Å². The van der Waals surface area contributed by atoms with Gasteiger partial charge in [-0.25, -0.2) is 13.1 Å². The second-order valence-corrected chi connectivity index (χ2v) is 6.78. The van der Waals surface area contributed by atoms with Gasteiger partial charge in [0.2, 0.25) is 15.9 Å². The molecular formula is C14H24ClN3O3S. The van der Waals surface area contributed by atoms with Crippen LogP contribution in [0.2, 0.25) is 0 Å². The molecule has 8 heteroatoms. The third-order valence-electron chi connectivity index (χ3n) is 2.92. The first-order chi connectivity index (χ1) is 9.83. The number of nitrogens with one attached hydrogen (secondary N) is 1. The molecule has 126 valence electrons. The molecule has 0 heterocycles. The number of benzene rings is 1. The molecule has 1 rings (SSSR count). The highest BCUT2D eigenvalue weighted by Gasteiger charge is 2.22. The molecule has 1 unspecified atom stereocenters. The van der Waals surface area contributed by atoms with Crippen molar-refractivity contribution in [3.8, 4) is 0 Å². The van der Waals surface area contributed by atoms with Crippen LogP contribution in [0.25, 0.3) is 0 Å². The molecule has 0 saturated heterocycles. The number of hydrogen-bond donors (Lipinski definition) is 2. The molecule has 1 atom stereocenters. The lowest BCUT2D eigenvalue weighted by molar-refractivity contribution is -0.133. The molecule has 0 fully saturated rings. The highest BCUT2D eigenvalue weighted by molar-refractivity contribution is 7.88. The summed E-state index contributed by atoms with van der Waals surface area (Å²) in [6.45, 7) is 2.96. The van der Waals surface area contributed by atoms with Crippen LogP contribution in [0.4, 0.5) is 0 Å². The zero-order chi connectivity index (χ0) is 15.9. The maximum atomic E-state index is 12.4. The van der Waals surface area contributed by atoms with Gasteiger partial charge in [-0.05, 0) is 25.5 Å². The maximum absolute atomic E-state index is 12.4. The summed E-state index contributed by atoms with van der Waals surface area (Å²) < 4.78 is 24.8. The van der Waals surface area contributed by atoms with Crippen molar-refractivity contribution in [2.24, 2.45) is 5.73 Å². The van der Waals surface area contributed by atoms with Crippen molar-refractivity contribution in [3.63, 3.8) is 0 Å². The van der Waals surface area contributed by atoms with E-state index in [0.29, 0.717) is 26.1 Å². The van der Waals surface area contributed by atoms with Gasteiger partial charge in [-0.1, -0.05) is 30.3 Å². The molecule has 3 N–H and O–H groups in total. The average molecular weight is 350 g/mol. The maximum Gasteiger partial charge on any atom is 0.240 e. The largest absolute Gasteiger partial charge is 0.337 e. The van der Waals surface area contributed by atoms with Crippen LogP contribution < -0.4 is 10.5 Å². The van der Waals surface area contributed by atoms with Gasteiger partial charge in [-0.15, -0.1) is 12.4 Å². The number of carbonyl (C=O) groups is 1. The molecule has 0 aromatic heterocycles. The molecule has 1 aromatic carbocycles.